The van der Waals surface area contributed by atoms with Gasteiger partial charge in [0.15, 0.2) is 11.5 Å². The summed E-state index contributed by atoms with van der Waals surface area (Å²) >= 11 is 0. The number of phenols is 1. The Hall–Kier alpha value is -2.76. The molecular formula is C17H16O6. The van der Waals surface area contributed by atoms with Crippen molar-refractivity contribution in [3.8, 4) is 11.5 Å². The van der Waals surface area contributed by atoms with Crippen LogP contribution in [0.25, 0.3) is 0 Å². The van der Waals surface area contributed by atoms with Gasteiger partial charge in [0.25, 0.3) is 0 Å². The van der Waals surface area contributed by atoms with Gasteiger partial charge in [-0.15, -0.1) is 0 Å². The van der Waals surface area contributed by atoms with Gasteiger partial charge >= 0.3 is 5.97 Å². The number of methoxy groups -OCH3 is 1. The summed E-state index contributed by atoms with van der Waals surface area (Å²) in [5, 5.41) is 9.66. The van der Waals surface area contributed by atoms with Crippen LogP contribution < -0.4 is 10.2 Å². The van der Waals surface area contributed by atoms with Gasteiger partial charge in [0.05, 0.1) is 23.8 Å². The number of aromatic hydroxyl groups is 1. The molecule has 2 aromatic rings. The van der Waals surface area contributed by atoms with Crippen LogP contribution in [0.1, 0.15) is 46.7 Å². The molecule has 0 amide bonds. The first-order chi connectivity index (χ1) is 11.0. The molecule has 2 heterocycles. The zero-order valence-electron chi connectivity index (χ0n) is 12.8. The lowest BCUT2D eigenvalue weighted by Gasteiger charge is -2.13. The molecule has 1 atom stereocenters. The quantitative estimate of drug-likeness (QED) is 0.873. The van der Waals surface area contributed by atoms with Gasteiger partial charge in [0.1, 0.15) is 23.5 Å². The fourth-order valence-corrected chi connectivity index (χ4v) is 2.70. The molecule has 23 heavy (non-hydrogen) atoms. The molecule has 0 aliphatic carbocycles. The number of aryl methyl sites for hydroxylation is 1. The molecule has 1 unspecified atom stereocenters. The first-order valence-corrected chi connectivity index (χ1v) is 7.28. The predicted molar refractivity (Wildman–Crippen MR) is 80.9 cm³/mol. The number of carbonyl (C=O) groups excluding carboxylic acids is 1. The molecule has 0 saturated heterocycles. The van der Waals surface area contributed by atoms with Crippen molar-refractivity contribution in [2.75, 3.05) is 7.11 Å². The summed E-state index contributed by atoms with van der Waals surface area (Å²) < 4.78 is 16.0. The van der Waals surface area contributed by atoms with Gasteiger partial charge < -0.3 is 19.0 Å². The maximum absolute atomic E-state index is 12.3. The fourth-order valence-electron chi connectivity index (χ4n) is 2.70. The molecule has 0 saturated carbocycles. The van der Waals surface area contributed by atoms with Gasteiger partial charge in [-0.3, -0.25) is 4.79 Å². The van der Waals surface area contributed by atoms with Crippen molar-refractivity contribution in [3.05, 3.63) is 57.1 Å². The number of carbonyl (C=O) groups is 1. The highest BCUT2D eigenvalue weighted by Gasteiger charge is 2.37. The molecular weight excluding hydrogens is 300 g/mol. The van der Waals surface area contributed by atoms with Crippen molar-refractivity contribution in [3.63, 3.8) is 0 Å². The van der Waals surface area contributed by atoms with Crippen LogP contribution >= 0.6 is 0 Å². The highest BCUT2D eigenvalue weighted by atomic mass is 16.6. The third-order valence-electron chi connectivity index (χ3n) is 3.75. The van der Waals surface area contributed by atoms with Gasteiger partial charge in [0.2, 0.25) is 0 Å². The van der Waals surface area contributed by atoms with E-state index in [1.54, 1.807) is 0 Å². The summed E-state index contributed by atoms with van der Waals surface area (Å²) in [7, 11) is 1.42. The van der Waals surface area contributed by atoms with Gasteiger partial charge in [-0.05, 0) is 12.5 Å². The average Bonchev–Trinajstić information content (AvgIpc) is 2.84. The molecule has 0 fully saturated rings. The fraction of sp³-hybridized carbons (Fsp3) is 0.294. The van der Waals surface area contributed by atoms with E-state index in [2.05, 4.69) is 0 Å². The van der Waals surface area contributed by atoms with Gasteiger partial charge in [0, 0.05) is 18.6 Å². The van der Waals surface area contributed by atoms with E-state index in [0.717, 1.165) is 6.42 Å². The van der Waals surface area contributed by atoms with E-state index in [9.17, 15) is 14.7 Å². The first-order valence-electron chi connectivity index (χ1n) is 7.28. The van der Waals surface area contributed by atoms with Crippen molar-refractivity contribution in [1.82, 2.24) is 0 Å². The minimum absolute atomic E-state index is 0.108. The second-order valence-corrected chi connectivity index (χ2v) is 5.31. The Bertz CT molecular complexity index is 820. The smallest absolute Gasteiger partial charge is 0.339 e. The molecule has 120 valence electrons. The number of cyclic esters (lactones) is 1. The molecule has 0 spiro atoms. The minimum Gasteiger partial charge on any atom is -0.508 e. The van der Waals surface area contributed by atoms with Crippen LogP contribution in [0, 0.1) is 0 Å². The minimum atomic E-state index is -0.903. The Labute approximate surface area is 132 Å². The molecule has 1 aromatic carbocycles. The number of rotatable bonds is 4. The second-order valence-electron chi connectivity index (χ2n) is 5.31. The lowest BCUT2D eigenvalue weighted by molar-refractivity contribution is 0.0450. The van der Waals surface area contributed by atoms with Crippen LogP contribution in [0.4, 0.5) is 0 Å². The predicted octanol–water partition coefficient (Wildman–Crippen LogP) is 2.57. The van der Waals surface area contributed by atoms with Crippen LogP contribution in [0.5, 0.6) is 11.5 Å². The lowest BCUT2D eigenvalue weighted by atomic mass is 9.98. The van der Waals surface area contributed by atoms with E-state index in [0.29, 0.717) is 17.7 Å². The third kappa shape index (κ3) is 2.56. The number of benzene rings is 1. The third-order valence-corrected chi connectivity index (χ3v) is 3.75. The van der Waals surface area contributed by atoms with Crippen molar-refractivity contribution in [1.29, 1.82) is 0 Å². The topological polar surface area (TPSA) is 86.0 Å². The molecule has 0 bridgehead atoms. The van der Waals surface area contributed by atoms with E-state index in [4.69, 9.17) is 13.9 Å². The molecule has 0 radical (unpaired) electrons. The summed E-state index contributed by atoms with van der Waals surface area (Å²) in [6, 6.07) is 4.09. The second kappa shape index (κ2) is 5.79. The van der Waals surface area contributed by atoms with E-state index >= 15 is 0 Å². The molecule has 1 aromatic heterocycles. The zero-order valence-corrected chi connectivity index (χ0v) is 12.8. The Kier molecular flexibility index (Phi) is 3.82. The van der Waals surface area contributed by atoms with E-state index in [1.807, 2.05) is 6.92 Å². The maximum atomic E-state index is 12.3. The molecule has 6 nitrogen and oxygen atoms in total. The zero-order chi connectivity index (χ0) is 16.6. The molecule has 1 aliphatic heterocycles. The van der Waals surface area contributed by atoms with Crippen molar-refractivity contribution in [2.24, 2.45) is 0 Å². The van der Waals surface area contributed by atoms with E-state index < -0.39 is 12.1 Å². The number of fused-ring (bicyclic) bond motifs is 1. The number of phenolic OH excluding ortho intramolecular Hbond substituents is 1. The average molecular weight is 316 g/mol. The molecule has 6 heteroatoms. The number of ether oxygens (including phenoxy) is 2. The summed E-state index contributed by atoms with van der Waals surface area (Å²) in [5.41, 5.74) is 0.566. The summed E-state index contributed by atoms with van der Waals surface area (Å²) in [5.74, 6) is 0.149. The highest BCUT2D eigenvalue weighted by molar-refractivity contribution is 5.96. The number of hydrogen-bond donors (Lipinski definition) is 1. The number of esters is 1. The first kappa shape index (κ1) is 15.1. The van der Waals surface area contributed by atoms with Crippen molar-refractivity contribution < 1.29 is 23.8 Å². The monoisotopic (exact) mass is 316 g/mol. The van der Waals surface area contributed by atoms with Crippen LogP contribution in [0.2, 0.25) is 0 Å². The Morgan fingerprint density at radius 3 is 2.70 bits per heavy atom. The van der Waals surface area contributed by atoms with Gasteiger partial charge in [-0.25, -0.2) is 4.79 Å². The summed E-state index contributed by atoms with van der Waals surface area (Å²) in [6.07, 6.45) is 1.94. The largest absolute Gasteiger partial charge is 0.508 e. The SMILES string of the molecule is CCCc1cc(=O)c(C2OC(=O)c3cc(O)cc(OC)c32)co1. The van der Waals surface area contributed by atoms with E-state index in [-0.39, 0.29) is 28.1 Å². The van der Waals surface area contributed by atoms with Crippen LogP contribution in [-0.4, -0.2) is 18.2 Å². The Balaban J connectivity index is 2.11. The van der Waals surface area contributed by atoms with Crippen molar-refractivity contribution in [2.45, 2.75) is 25.9 Å². The standard InChI is InChI=1S/C17H16O6/c1-3-4-10-7-13(19)12(8-22-10)16-15-11(17(20)23-16)5-9(18)6-14(15)21-2/h5-8,16,18H,3-4H2,1-2H3. The molecule has 3 rings (SSSR count). The summed E-state index contributed by atoms with van der Waals surface area (Å²) in [4.78, 5) is 24.4. The summed E-state index contributed by atoms with van der Waals surface area (Å²) in [6.45, 7) is 1.99. The van der Waals surface area contributed by atoms with Gasteiger partial charge in [-0.2, -0.15) is 0 Å². The maximum Gasteiger partial charge on any atom is 0.339 e. The van der Waals surface area contributed by atoms with Crippen LogP contribution in [0.3, 0.4) is 0 Å². The number of hydrogen-bond acceptors (Lipinski definition) is 6. The molecule has 1 aliphatic rings. The van der Waals surface area contributed by atoms with E-state index in [1.165, 1.54) is 31.6 Å². The van der Waals surface area contributed by atoms with Crippen LogP contribution in [0.15, 0.2) is 33.7 Å². The normalized spacial score (nSPS) is 16.1. The lowest BCUT2D eigenvalue weighted by Crippen LogP contribution is -2.14. The Morgan fingerprint density at radius 2 is 2.04 bits per heavy atom. The van der Waals surface area contributed by atoms with Crippen molar-refractivity contribution >= 4 is 5.97 Å². The van der Waals surface area contributed by atoms with Gasteiger partial charge in [-0.1, -0.05) is 6.92 Å². The van der Waals surface area contributed by atoms with Crippen LogP contribution in [-0.2, 0) is 11.2 Å². The molecule has 1 N–H and O–H groups in total. The Morgan fingerprint density at radius 1 is 1.26 bits per heavy atom. The highest BCUT2D eigenvalue weighted by Crippen LogP contribution is 2.42.